The van der Waals surface area contributed by atoms with Crippen LogP contribution >= 0.6 is 0 Å². The van der Waals surface area contributed by atoms with Gasteiger partial charge >= 0.3 is 6.18 Å². The van der Waals surface area contributed by atoms with Gasteiger partial charge in [0.1, 0.15) is 5.41 Å². The lowest BCUT2D eigenvalue weighted by Crippen LogP contribution is -2.41. The van der Waals surface area contributed by atoms with Gasteiger partial charge in [-0.15, -0.1) is 0 Å². The number of carbonyl (C=O) groups is 2. The monoisotopic (exact) mass is 577 g/mol. The minimum Gasteiger partial charge on any atom is -0.349 e. The van der Waals surface area contributed by atoms with E-state index in [0.29, 0.717) is 11.2 Å². The highest BCUT2D eigenvalue weighted by molar-refractivity contribution is 5.87. The molecule has 3 atom stereocenters. The van der Waals surface area contributed by atoms with Crippen LogP contribution in [0.15, 0.2) is 18.5 Å². The number of imidazole rings is 1. The maximum absolute atomic E-state index is 13.9. The maximum atomic E-state index is 13.9. The summed E-state index contributed by atoms with van der Waals surface area (Å²) in [6, 6.07) is 0.156. The van der Waals surface area contributed by atoms with Crippen molar-refractivity contribution >= 4 is 17.5 Å². The maximum Gasteiger partial charge on any atom is 0.389 e. The van der Waals surface area contributed by atoms with E-state index in [1.165, 1.54) is 16.9 Å². The Bertz CT molecular complexity index is 1280. The van der Waals surface area contributed by atoms with Gasteiger partial charge in [-0.1, -0.05) is 0 Å². The van der Waals surface area contributed by atoms with Crippen LogP contribution in [0.5, 0.6) is 0 Å². The first-order valence-corrected chi connectivity index (χ1v) is 13.3. The Morgan fingerprint density at radius 1 is 1.05 bits per heavy atom. The van der Waals surface area contributed by atoms with Gasteiger partial charge in [0.2, 0.25) is 17.7 Å². The Kier molecular flexibility index (Phi) is 7.05. The highest BCUT2D eigenvalue weighted by atomic mass is 19.4. The second kappa shape index (κ2) is 9.86. The summed E-state index contributed by atoms with van der Waals surface area (Å²) in [5.74, 6) is -8.03. The molecule has 40 heavy (non-hydrogen) atoms. The zero-order valence-electron chi connectivity index (χ0n) is 21.7. The van der Waals surface area contributed by atoms with Gasteiger partial charge in [-0.25, -0.2) is 27.1 Å². The van der Waals surface area contributed by atoms with Gasteiger partial charge < -0.3 is 10.6 Å². The molecule has 14 heteroatoms. The van der Waals surface area contributed by atoms with Crippen LogP contribution in [0.2, 0.25) is 0 Å². The van der Waals surface area contributed by atoms with Crippen LogP contribution in [0, 0.1) is 17.3 Å². The summed E-state index contributed by atoms with van der Waals surface area (Å²) in [7, 11) is 0. The molecule has 220 valence electrons. The lowest BCUT2D eigenvalue weighted by Gasteiger charge is -2.34. The molecule has 2 amide bonds. The highest BCUT2D eigenvalue weighted by Crippen LogP contribution is 2.60. The molecule has 7 nitrogen and oxygen atoms in total. The fourth-order valence-corrected chi connectivity index (χ4v) is 5.41. The van der Waals surface area contributed by atoms with Crippen molar-refractivity contribution in [1.29, 1.82) is 0 Å². The summed E-state index contributed by atoms with van der Waals surface area (Å²) in [6.45, 7) is 1.16. The number of halogens is 7. The molecule has 0 bridgehead atoms. The number of nitrogens with one attached hydrogen (secondary N) is 2. The third kappa shape index (κ3) is 6.04. The van der Waals surface area contributed by atoms with E-state index < -0.39 is 85.4 Å². The van der Waals surface area contributed by atoms with Crippen molar-refractivity contribution in [2.24, 2.45) is 17.3 Å². The van der Waals surface area contributed by atoms with Gasteiger partial charge in [-0.2, -0.15) is 18.3 Å². The van der Waals surface area contributed by atoms with E-state index >= 15 is 0 Å². The van der Waals surface area contributed by atoms with E-state index in [0.717, 1.165) is 19.8 Å². The zero-order chi connectivity index (χ0) is 29.1. The first-order valence-electron chi connectivity index (χ1n) is 13.3. The van der Waals surface area contributed by atoms with Crippen molar-refractivity contribution in [2.75, 3.05) is 0 Å². The summed E-state index contributed by atoms with van der Waals surface area (Å²) in [5, 5.41) is 9.62. The molecule has 3 fully saturated rings. The second-order valence-electron chi connectivity index (χ2n) is 11.6. The standard InChI is InChI=1S/C26H30F7N5O2/c1-23(13-25(23,29)30)22(40)37-21(15-4-7-24(27,28)8-5-15)17-12-38-18(35-17)10-16(11-34-38)20(14-2-3-14)36-19(39)6-9-26(31,32)33/h10-12,14-15,20-21H,2-9,13H2,1H3,(H,36,39)(H,37,40)/t20?,21-,23?/m0/s1. The van der Waals surface area contributed by atoms with Crippen LogP contribution in [0.1, 0.15) is 88.1 Å². The minimum absolute atomic E-state index is 0.0328. The van der Waals surface area contributed by atoms with Gasteiger partial charge in [-0.05, 0) is 56.1 Å². The summed E-state index contributed by atoms with van der Waals surface area (Å²) in [5.41, 5.74) is -0.768. The van der Waals surface area contributed by atoms with Crippen molar-refractivity contribution in [3.05, 3.63) is 29.7 Å². The van der Waals surface area contributed by atoms with E-state index in [1.807, 2.05) is 0 Å². The smallest absolute Gasteiger partial charge is 0.349 e. The van der Waals surface area contributed by atoms with Crippen LogP contribution in [-0.4, -0.2) is 44.4 Å². The first-order chi connectivity index (χ1) is 18.6. The number of aromatic nitrogens is 3. The molecule has 0 saturated heterocycles. The molecule has 3 aliphatic carbocycles. The average molecular weight is 578 g/mol. The van der Waals surface area contributed by atoms with Crippen LogP contribution < -0.4 is 10.6 Å². The molecule has 5 rings (SSSR count). The normalized spacial score (nSPS) is 25.8. The third-order valence-corrected chi connectivity index (χ3v) is 8.36. The minimum atomic E-state index is -4.45. The number of hydrogen-bond donors (Lipinski definition) is 2. The molecule has 2 aromatic rings. The molecular formula is C26H30F7N5O2. The van der Waals surface area contributed by atoms with E-state index in [1.54, 1.807) is 6.07 Å². The average Bonchev–Trinajstić information content (AvgIpc) is 3.73. The number of carbonyl (C=O) groups excluding carboxylic acids is 2. The van der Waals surface area contributed by atoms with E-state index in [4.69, 9.17) is 0 Å². The molecule has 2 N–H and O–H groups in total. The Morgan fingerprint density at radius 3 is 2.25 bits per heavy atom. The van der Waals surface area contributed by atoms with Crippen molar-refractivity contribution in [3.63, 3.8) is 0 Å². The molecule has 0 radical (unpaired) electrons. The SMILES string of the molecule is CC1(C(=O)N[C@H](c2cn3ncc(C(NC(=O)CCC(F)(F)F)C4CC4)cc3n2)C2CCC(F)(F)CC2)CC1(F)F. The molecule has 2 aromatic heterocycles. The molecule has 3 aliphatic rings. The van der Waals surface area contributed by atoms with Crippen molar-refractivity contribution in [3.8, 4) is 0 Å². The van der Waals surface area contributed by atoms with Crippen molar-refractivity contribution in [2.45, 2.75) is 94.8 Å². The Morgan fingerprint density at radius 2 is 1.68 bits per heavy atom. The number of hydrogen-bond acceptors (Lipinski definition) is 4. The second-order valence-corrected chi connectivity index (χ2v) is 11.6. The summed E-state index contributed by atoms with van der Waals surface area (Å²) in [4.78, 5) is 29.6. The van der Waals surface area contributed by atoms with Crippen LogP contribution in [0.25, 0.3) is 5.65 Å². The van der Waals surface area contributed by atoms with E-state index in [9.17, 15) is 40.3 Å². The lowest BCUT2D eigenvalue weighted by atomic mass is 9.81. The highest BCUT2D eigenvalue weighted by Gasteiger charge is 2.72. The summed E-state index contributed by atoms with van der Waals surface area (Å²) < 4.78 is 94.6. The molecule has 3 saturated carbocycles. The van der Waals surface area contributed by atoms with Crippen LogP contribution in [-0.2, 0) is 9.59 Å². The van der Waals surface area contributed by atoms with Crippen molar-refractivity contribution < 1.29 is 40.3 Å². The predicted molar refractivity (Wildman–Crippen MR) is 127 cm³/mol. The first kappa shape index (κ1) is 28.6. The van der Waals surface area contributed by atoms with E-state index in [2.05, 4.69) is 20.7 Å². The number of amides is 2. The van der Waals surface area contributed by atoms with Gasteiger partial charge in [0.25, 0.3) is 5.92 Å². The number of rotatable bonds is 9. The summed E-state index contributed by atoms with van der Waals surface area (Å²) >= 11 is 0. The zero-order valence-corrected chi connectivity index (χ0v) is 21.7. The number of nitrogens with zero attached hydrogens (tertiary/aromatic N) is 3. The van der Waals surface area contributed by atoms with Gasteiger partial charge in [0.15, 0.2) is 5.65 Å². The summed E-state index contributed by atoms with van der Waals surface area (Å²) in [6.07, 6.45) is -3.15. The van der Waals surface area contributed by atoms with Gasteiger partial charge in [0, 0.05) is 25.7 Å². The Labute approximate surface area is 225 Å². The molecule has 0 spiro atoms. The van der Waals surface area contributed by atoms with Gasteiger partial charge in [0.05, 0.1) is 36.6 Å². The topological polar surface area (TPSA) is 88.4 Å². The van der Waals surface area contributed by atoms with Gasteiger partial charge in [-0.3, -0.25) is 9.59 Å². The molecule has 0 aliphatic heterocycles. The van der Waals surface area contributed by atoms with Crippen LogP contribution in [0.3, 0.4) is 0 Å². The molecular weight excluding hydrogens is 547 g/mol. The van der Waals surface area contributed by atoms with E-state index in [-0.39, 0.29) is 24.5 Å². The van der Waals surface area contributed by atoms with Crippen molar-refractivity contribution in [1.82, 2.24) is 25.2 Å². The number of fused-ring (bicyclic) bond motifs is 1. The Hall–Kier alpha value is -2.93. The predicted octanol–water partition coefficient (Wildman–Crippen LogP) is 5.67. The third-order valence-electron chi connectivity index (χ3n) is 8.36. The molecule has 2 unspecified atom stereocenters. The Balaban J connectivity index is 1.38. The van der Waals surface area contributed by atoms with Crippen LogP contribution in [0.4, 0.5) is 30.7 Å². The largest absolute Gasteiger partial charge is 0.389 e. The molecule has 0 aromatic carbocycles. The quantitative estimate of drug-likeness (QED) is 0.376. The molecule has 2 heterocycles. The lowest BCUT2D eigenvalue weighted by molar-refractivity contribution is -0.144. The number of alkyl halides is 7. The fourth-order valence-electron chi connectivity index (χ4n) is 5.41. The fraction of sp³-hybridized carbons (Fsp3) is 0.692.